The Morgan fingerprint density at radius 1 is 1.25 bits per heavy atom. The van der Waals surface area contributed by atoms with Crippen LogP contribution in [0.2, 0.25) is 0 Å². The minimum Gasteiger partial charge on any atom is -0.347 e. The van der Waals surface area contributed by atoms with E-state index in [2.05, 4.69) is 42.8 Å². The van der Waals surface area contributed by atoms with E-state index in [-0.39, 0.29) is 11.8 Å². The molecule has 0 fully saturated rings. The Hall–Kier alpha value is -1.61. The molecule has 0 amide bonds. The van der Waals surface area contributed by atoms with E-state index in [1.807, 2.05) is 20.2 Å². The number of carbonyl (C=O) groups is 1. The van der Waals surface area contributed by atoms with Gasteiger partial charge in [0.1, 0.15) is 0 Å². The third-order valence-corrected chi connectivity index (χ3v) is 4.18. The molecule has 20 heavy (non-hydrogen) atoms. The molecule has 1 N–H and O–H groups in total. The minimum absolute atomic E-state index is 0.104. The zero-order chi connectivity index (χ0) is 14.9. The molecule has 0 saturated heterocycles. The predicted molar refractivity (Wildman–Crippen MR) is 84.6 cm³/mol. The summed E-state index contributed by atoms with van der Waals surface area (Å²) in [6, 6.07) is 4.23. The van der Waals surface area contributed by atoms with Crippen LogP contribution in [0.5, 0.6) is 0 Å². The van der Waals surface area contributed by atoms with Crippen molar-refractivity contribution in [3.05, 3.63) is 35.0 Å². The van der Waals surface area contributed by atoms with Gasteiger partial charge < -0.3 is 9.88 Å². The molecule has 108 valence electrons. The second-order valence-electron chi connectivity index (χ2n) is 5.40. The summed E-state index contributed by atoms with van der Waals surface area (Å²) in [5.74, 6) is 0.190. The summed E-state index contributed by atoms with van der Waals surface area (Å²) in [4.78, 5) is 12.7. The first-order valence-electron chi connectivity index (χ1n) is 7.35. The number of aromatic nitrogens is 1. The number of ketones is 1. The zero-order valence-electron chi connectivity index (χ0n) is 13.1. The van der Waals surface area contributed by atoms with Crippen molar-refractivity contribution >= 4 is 16.7 Å². The first kappa shape index (κ1) is 14.8. The number of hydrogen-bond donors (Lipinski definition) is 1. The highest BCUT2D eigenvalue weighted by Crippen LogP contribution is 2.26. The van der Waals surface area contributed by atoms with Crippen LogP contribution in [0.25, 0.3) is 10.9 Å². The normalized spacial score (nSPS) is 12.8. The standard InChI is InChI=1S/C17H24N2O/c1-6-15(18-5)17(20)14-10-19(7-2)16-9-12(4)11(3)8-13(14)16/h8-10,15,18H,6-7H2,1-5H3. The molecule has 1 heterocycles. The lowest BCUT2D eigenvalue weighted by molar-refractivity contribution is 0.0946. The van der Waals surface area contributed by atoms with Gasteiger partial charge in [0.15, 0.2) is 5.78 Å². The largest absolute Gasteiger partial charge is 0.347 e. The van der Waals surface area contributed by atoms with Crippen molar-refractivity contribution < 1.29 is 4.79 Å². The molecule has 0 bridgehead atoms. The van der Waals surface area contributed by atoms with Crippen LogP contribution in [-0.2, 0) is 6.54 Å². The van der Waals surface area contributed by atoms with Crippen LogP contribution in [0.1, 0.15) is 41.8 Å². The summed E-state index contributed by atoms with van der Waals surface area (Å²) in [5.41, 5.74) is 4.50. The summed E-state index contributed by atoms with van der Waals surface area (Å²) in [5, 5.41) is 4.19. The molecule has 2 aromatic rings. The van der Waals surface area contributed by atoms with Crippen LogP contribution in [0.15, 0.2) is 18.3 Å². The lowest BCUT2D eigenvalue weighted by Gasteiger charge is -2.11. The van der Waals surface area contributed by atoms with Crippen molar-refractivity contribution in [2.24, 2.45) is 0 Å². The number of hydrogen-bond acceptors (Lipinski definition) is 2. The molecule has 0 aliphatic rings. The van der Waals surface area contributed by atoms with Gasteiger partial charge in [0.2, 0.25) is 0 Å². The third-order valence-electron chi connectivity index (χ3n) is 4.18. The Labute approximate surface area is 121 Å². The van der Waals surface area contributed by atoms with E-state index in [1.165, 1.54) is 11.1 Å². The fraction of sp³-hybridized carbons (Fsp3) is 0.471. The Morgan fingerprint density at radius 2 is 1.90 bits per heavy atom. The molecule has 2 rings (SSSR count). The van der Waals surface area contributed by atoms with Gasteiger partial charge in [-0.3, -0.25) is 4.79 Å². The molecule has 0 aliphatic heterocycles. The highest BCUT2D eigenvalue weighted by Gasteiger charge is 2.21. The molecule has 0 spiro atoms. The Balaban J connectivity index is 2.65. The maximum atomic E-state index is 12.7. The van der Waals surface area contributed by atoms with Gasteiger partial charge in [0.05, 0.1) is 6.04 Å². The SMILES string of the molecule is CCC(NC)C(=O)c1cn(CC)c2cc(C)c(C)cc12. The molecular formula is C17H24N2O. The average molecular weight is 272 g/mol. The quantitative estimate of drug-likeness (QED) is 0.846. The number of rotatable bonds is 5. The van der Waals surface area contributed by atoms with Gasteiger partial charge in [0, 0.05) is 29.2 Å². The van der Waals surface area contributed by atoms with Crippen LogP contribution >= 0.6 is 0 Å². The maximum Gasteiger partial charge on any atom is 0.181 e. The Kier molecular flexibility index (Phi) is 4.29. The summed E-state index contributed by atoms with van der Waals surface area (Å²) < 4.78 is 2.16. The van der Waals surface area contributed by atoms with Crippen molar-refractivity contribution in [3.8, 4) is 0 Å². The number of carbonyl (C=O) groups excluding carboxylic acids is 1. The fourth-order valence-electron chi connectivity index (χ4n) is 2.72. The molecule has 0 radical (unpaired) electrons. The first-order valence-corrected chi connectivity index (χ1v) is 7.35. The molecule has 1 unspecified atom stereocenters. The summed E-state index contributed by atoms with van der Waals surface area (Å²) in [7, 11) is 1.85. The number of fused-ring (bicyclic) bond motifs is 1. The second-order valence-corrected chi connectivity index (χ2v) is 5.40. The van der Waals surface area contributed by atoms with Crippen LogP contribution < -0.4 is 5.32 Å². The molecule has 1 atom stereocenters. The second kappa shape index (κ2) is 5.80. The lowest BCUT2D eigenvalue weighted by Crippen LogP contribution is -2.33. The molecule has 0 aliphatic carbocycles. The fourth-order valence-corrected chi connectivity index (χ4v) is 2.72. The van der Waals surface area contributed by atoms with Crippen LogP contribution in [-0.4, -0.2) is 23.4 Å². The molecule has 1 aromatic heterocycles. The number of benzene rings is 1. The summed E-state index contributed by atoms with van der Waals surface area (Å²) in [6.45, 7) is 9.24. The highest BCUT2D eigenvalue weighted by molar-refractivity contribution is 6.10. The van der Waals surface area contributed by atoms with Crippen molar-refractivity contribution in [2.45, 2.75) is 46.7 Å². The first-order chi connectivity index (χ1) is 9.53. The van der Waals surface area contributed by atoms with Gasteiger partial charge in [-0.1, -0.05) is 6.92 Å². The number of likely N-dealkylation sites (N-methyl/N-ethyl adjacent to an activating group) is 1. The number of Topliss-reactive ketones (excluding diaryl/α,β-unsaturated/α-hetero) is 1. The zero-order valence-corrected chi connectivity index (χ0v) is 13.1. The molecule has 1 aromatic carbocycles. The topological polar surface area (TPSA) is 34.0 Å². The van der Waals surface area contributed by atoms with Crippen molar-refractivity contribution in [2.75, 3.05) is 7.05 Å². The smallest absolute Gasteiger partial charge is 0.181 e. The molecule has 3 nitrogen and oxygen atoms in total. The predicted octanol–water partition coefficient (Wildman–Crippen LogP) is 3.46. The van der Waals surface area contributed by atoms with E-state index in [1.54, 1.807) is 0 Å². The van der Waals surface area contributed by atoms with Crippen LogP contribution in [0.3, 0.4) is 0 Å². The van der Waals surface area contributed by atoms with Gasteiger partial charge in [-0.25, -0.2) is 0 Å². The summed E-state index contributed by atoms with van der Waals surface area (Å²) in [6.07, 6.45) is 2.81. The van der Waals surface area contributed by atoms with Gasteiger partial charge in [-0.15, -0.1) is 0 Å². The van der Waals surface area contributed by atoms with Gasteiger partial charge in [0.25, 0.3) is 0 Å². The van der Waals surface area contributed by atoms with Crippen molar-refractivity contribution in [3.63, 3.8) is 0 Å². The van der Waals surface area contributed by atoms with E-state index in [0.717, 1.165) is 29.4 Å². The van der Waals surface area contributed by atoms with Gasteiger partial charge in [-0.2, -0.15) is 0 Å². The van der Waals surface area contributed by atoms with Crippen molar-refractivity contribution in [1.29, 1.82) is 0 Å². The van der Waals surface area contributed by atoms with Crippen LogP contribution in [0, 0.1) is 13.8 Å². The number of nitrogens with one attached hydrogen (secondary N) is 1. The Morgan fingerprint density at radius 3 is 2.45 bits per heavy atom. The van der Waals surface area contributed by atoms with Crippen molar-refractivity contribution in [1.82, 2.24) is 9.88 Å². The minimum atomic E-state index is -0.104. The van der Waals surface area contributed by atoms with E-state index in [0.29, 0.717) is 0 Å². The molecule has 3 heteroatoms. The lowest BCUT2D eigenvalue weighted by atomic mass is 9.99. The van der Waals surface area contributed by atoms with Gasteiger partial charge in [-0.05, 0) is 57.5 Å². The third kappa shape index (κ3) is 2.38. The number of aryl methyl sites for hydroxylation is 3. The summed E-state index contributed by atoms with van der Waals surface area (Å²) >= 11 is 0. The van der Waals surface area contributed by atoms with E-state index < -0.39 is 0 Å². The van der Waals surface area contributed by atoms with Gasteiger partial charge >= 0.3 is 0 Å². The maximum absolute atomic E-state index is 12.7. The average Bonchev–Trinajstić information content (AvgIpc) is 2.78. The van der Waals surface area contributed by atoms with Crippen LogP contribution in [0.4, 0.5) is 0 Å². The number of nitrogens with zero attached hydrogens (tertiary/aromatic N) is 1. The Bertz CT molecular complexity index is 636. The van der Waals surface area contributed by atoms with E-state index in [4.69, 9.17) is 0 Å². The highest BCUT2D eigenvalue weighted by atomic mass is 16.1. The monoisotopic (exact) mass is 272 g/mol. The van der Waals surface area contributed by atoms with E-state index >= 15 is 0 Å². The van der Waals surface area contributed by atoms with E-state index in [9.17, 15) is 4.79 Å². The molecule has 0 saturated carbocycles. The molecular weight excluding hydrogens is 248 g/mol.